The van der Waals surface area contributed by atoms with Gasteiger partial charge in [-0.3, -0.25) is 0 Å². The maximum absolute atomic E-state index is 13.7. The fourth-order valence-electron chi connectivity index (χ4n) is 2.67. The van der Waals surface area contributed by atoms with E-state index in [1.807, 2.05) is 4.90 Å². The van der Waals surface area contributed by atoms with Crippen LogP contribution in [0.1, 0.15) is 0 Å². The van der Waals surface area contributed by atoms with Crippen LogP contribution >= 0.6 is 0 Å². The van der Waals surface area contributed by atoms with E-state index in [0.29, 0.717) is 45.0 Å². The van der Waals surface area contributed by atoms with Gasteiger partial charge in [0.15, 0.2) is 0 Å². The number of nitrogens with zero attached hydrogens (tertiary/aromatic N) is 3. The van der Waals surface area contributed by atoms with Gasteiger partial charge < -0.3 is 15.1 Å². The van der Waals surface area contributed by atoms with Crippen LogP contribution in [-0.4, -0.2) is 61.1 Å². The molecule has 0 aromatic heterocycles. The summed E-state index contributed by atoms with van der Waals surface area (Å²) in [7, 11) is 0. The van der Waals surface area contributed by atoms with Crippen LogP contribution in [0.3, 0.4) is 0 Å². The Bertz CT molecular complexity index is 558. The first-order chi connectivity index (χ1) is 10.2. The molecule has 1 aromatic rings. The molecule has 0 saturated carbocycles. The number of hydrogen-bond donors (Lipinski definition) is 1. The summed E-state index contributed by atoms with van der Waals surface area (Å²) < 4.78 is 13.7. The van der Waals surface area contributed by atoms with E-state index in [4.69, 9.17) is 0 Å². The summed E-state index contributed by atoms with van der Waals surface area (Å²) in [6.07, 6.45) is 0. The summed E-state index contributed by atoms with van der Waals surface area (Å²) in [5, 5.41) is 2.61. The summed E-state index contributed by atoms with van der Waals surface area (Å²) in [5.74, 6) is -0.254. The van der Waals surface area contributed by atoms with Crippen molar-refractivity contribution in [3.8, 4) is 0 Å². The molecule has 0 spiro atoms. The van der Waals surface area contributed by atoms with E-state index < -0.39 is 0 Å². The number of carbonyl (C=O) groups is 2. The van der Waals surface area contributed by atoms with E-state index in [9.17, 15) is 14.0 Å². The molecule has 21 heavy (non-hydrogen) atoms. The monoisotopic (exact) mass is 292 g/mol. The van der Waals surface area contributed by atoms with Gasteiger partial charge in [-0.25, -0.2) is 18.9 Å². The minimum Gasteiger partial charge on any atom is -0.366 e. The largest absolute Gasteiger partial charge is 0.366 e. The highest BCUT2D eigenvalue weighted by Gasteiger charge is 2.32. The predicted octanol–water partition coefficient (Wildman–Crippen LogP) is 1.09. The zero-order valence-corrected chi connectivity index (χ0v) is 11.6. The van der Waals surface area contributed by atoms with E-state index in [1.54, 1.807) is 23.1 Å². The minimum atomic E-state index is -0.337. The first kappa shape index (κ1) is 13.7. The fourth-order valence-corrected chi connectivity index (χ4v) is 2.67. The zero-order chi connectivity index (χ0) is 14.8. The topological polar surface area (TPSA) is 55.9 Å². The number of anilines is 1. The molecular weight excluding hydrogens is 275 g/mol. The Hall–Kier alpha value is -2.31. The van der Waals surface area contributed by atoms with Crippen molar-refractivity contribution in [2.75, 3.05) is 44.2 Å². The molecule has 2 aliphatic heterocycles. The Morgan fingerprint density at radius 2 is 1.81 bits per heavy atom. The number of para-hydroxylation sites is 1. The molecule has 3 rings (SSSR count). The molecule has 0 atom stereocenters. The van der Waals surface area contributed by atoms with Gasteiger partial charge in [0.2, 0.25) is 0 Å². The highest BCUT2D eigenvalue weighted by molar-refractivity contribution is 5.95. The van der Waals surface area contributed by atoms with Crippen LogP contribution in [0.4, 0.5) is 19.7 Å². The number of amides is 4. The van der Waals surface area contributed by atoms with Crippen LogP contribution in [-0.2, 0) is 0 Å². The standard InChI is InChI=1S/C14H17FN4O2/c15-11-3-1-2-4-12(11)17-7-9-18(10-8-17)14(21)19-6-5-16-13(19)20/h1-4H,5-10H2,(H,16,20). The third-order valence-electron chi connectivity index (χ3n) is 3.83. The van der Waals surface area contributed by atoms with Crippen molar-refractivity contribution in [1.29, 1.82) is 0 Å². The average molecular weight is 292 g/mol. The van der Waals surface area contributed by atoms with Gasteiger partial charge in [0.05, 0.1) is 5.69 Å². The molecule has 112 valence electrons. The van der Waals surface area contributed by atoms with Crippen LogP contribution < -0.4 is 10.2 Å². The Kier molecular flexibility index (Phi) is 3.64. The molecule has 2 aliphatic rings. The second kappa shape index (κ2) is 5.59. The van der Waals surface area contributed by atoms with Crippen molar-refractivity contribution >= 4 is 17.7 Å². The van der Waals surface area contributed by atoms with Gasteiger partial charge in [-0.2, -0.15) is 0 Å². The van der Waals surface area contributed by atoms with Crippen LogP contribution in [0.5, 0.6) is 0 Å². The van der Waals surface area contributed by atoms with Crippen LogP contribution in [0.2, 0.25) is 0 Å². The predicted molar refractivity (Wildman–Crippen MR) is 75.7 cm³/mol. The number of imide groups is 1. The SMILES string of the molecule is O=C1NCCN1C(=O)N1CCN(c2ccccc2F)CC1. The molecule has 2 fully saturated rings. The lowest BCUT2D eigenvalue weighted by atomic mass is 10.2. The number of rotatable bonds is 1. The Labute approximate surface area is 122 Å². The smallest absolute Gasteiger partial charge is 0.328 e. The van der Waals surface area contributed by atoms with Gasteiger partial charge in [0, 0.05) is 39.3 Å². The fraction of sp³-hybridized carbons (Fsp3) is 0.429. The van der Waals surface area contributed by atoms with E-state index in [2.05, 4.69) is 5.32 Å². The minimum absolute atomic E-state index is 0.254. The van der Waals surface area contributed by atoms with Crippen LogP contribution in [0.15, 0.2) is 24.3 Å². The lowest BCUT2D eigenvalue weighted by molar-refractivity contribution is 0.161. The van der Waals surface area contributed by atoms with Crippen molar-refractivity contribution in [3.05, 3.63) is 30.1 Å². The van der Waals surface area contributed by atoms with E-state index >= 15 is 0 Å². The van der Waals surface area contributed by atoms with Crippen molar-refractivity contribution in [2.45, 2.75) is 0 Å². The highest BCUT2D eigenvalue weighted by atomic mass is 19.1. The van der Waals surface area contributed by atoms with Gasteiger partial charge in [-0.1, -0.05) is 12.1 Å². The molecule has 6 nitrogen and oxygen atoms in total. The summed E-state index contributed by atoms with van der Waals surface area (Å²) in [4.78, 5) is 28.5. The number of hydrogen-bond acceptors (Lipinski definition) is 3. The van der Waals surface area contributed by atoms with Crippen molar-refractivity contribution in [1.82, 2.24) is 15.1 Å². The second-order valence-corrected chi connectivity index (χ2v) is 5.09. The molecule has 0 aliphatic carbocycles. The molecular formula is C14H17FN4O2. The van der Waals surface area contributed by atoms with E-state index in [1.165, 1.54) is 11.0 Å². The number of carbonyl (C=O) groups excluding carboxylic acids is 2. The van der Waals surface area contributed by atoms with Gasteiger partial charge in [-0.15, -0.1) is 0 Å². The second-order valence-electron chi connectivity index (χ2n) is 5.09. The Morgan fingerprint density at radius 3 is 2.43 bits per heavy atom. The number of benzene rings is 1. The maximum Gasteiger partial charge on any atom is 0.328 e. The third-order valence-corrected chi connectivity index (χ3v) is 3.83. The quantitative estimate of drug-likeness (QED) is 0.843. The van der Waals surface area contributed by atoms with Gasteiger partial charge >= 0.3 is 12.1 Å². The highest BCUT2D eigenvalue weighted by Crippen LogP contribution is 2.20. The summed E-state index contributed by atoms with van der Waals surface area (Å²) >= 11 is 0. The van der Waals surface area contributed by atoms with Crippen LogP contribution in [0, 0.1) is 5.82 Å². The van der Waals surface area contributed by atoms with E-state index in [0.717, 1.165) is 0 Å². The third kappa shape index (κ3) is 2.63. The van der Waals surface area contributed by atoms with E-state index in [-0.39, 0.29) is 17.9 Å². The lowest BCUT2D eigenvalue weighted by Gasteiger charge is -2.37. The first-order valence-corrected chi connectivity index (χ1v) is 7.00. The molecule has 4 amide bonds. The van der Waals surface area contributed by atoms with Gasteiger partial charge in [0.1, 0.15) is 5.82 Å². The molecule has 1 aromatic carbocycles. The van der Waals surface area contributed by atoms with Gasteiger partial charge in [-0.05, 0) is 12.1 Å². The zero-order valence-electron chi connectivity index (χ0n) is 11.6. The normalized spacial score (nSPS) is 18.9. The number of urea groups is 2. The maximum atomic E-state index is 13.7. The average Bonchev–Trinajstić information content (AvgIpc) is 2.93. The Balaban J connectivity index is 1.61. The first-order valence-electron chi connectivity index (χ1n) is 7.00. The molecule has 7 heteroatoms. The van der Waals surface area contributed by atoms with Crippen molar-refractivity contribution in [2.24, 2.45) is 0 Å². The molecule has 0 unspecified atom stereocenters. The number of piperazine rings is 1. The number of nitrogens with one attached hydrogen (secondary N) is 1. The molecule has 0 radical (unpaired) electrons. The van der Waals surface area contributed by atoms with Crippen molar-refractivity contribution in [3.63, 3.8) is 0 Å². The summed E-state index contributed by atoms with van der Waals surface area (Å²) in [6.45, 7) is 2.99. The summed E-state index contributed by atoms with van der Waals surface area (Å²) in [5.41, 5.74) is 0.559. The molecule has 1 N–H and O–H groups in total. The summed E-state index contributed by atoms with van der Waals surface area (Å²) in [6, 6.07) is 6.02. The molecule has 0 bridgehead atoms. The molecule has 2 heterocycles. The molecule has 2 saturated heterocycles. The van der Waals surface area contributed by atoms with Crippen molar-refractivity contribution < 1.29 is 14.0 Å². The number of halogens is 1. The van der Waals surface area contributed by atoms with Crippen LogP contribution in [0.25, 0.3) is 0 Å². The lowest BCUT2D eigenvalue weighted by Crippen LogP contribution is -2.53. The Morgan fingerprint density at radius 1 is 1.10 bits per heavy atom. The van der Waals surface area contributed by atoms with Gasteiger partial charge in [0.25, 0.3) is 0 Å².